The molecule has 4 heteroatoms. The minimum absolute atomic E-state index is 0.139. The molecule has 0 saturated heterocycles. The molecule has 0 spiro atoms. The van der Waals surface area contributed by atoms with Crippen molar-refractivity contribution in [1.82, 2.24) is 5.06 Å². The van der Waals surface area contributed by atoms with Crippen molar-refractivity contribution in [3.8, 4) is 0 Å². The second-order valence-corrected chi connectivity index (χ2v) is 3.52. The first kappa shape index (κ1) is 11.7. The molecule has 0 fully saturated rings. The van der Waals surface area contributed by atoms with E-state index in [1.165, 1.54) is 12.2 Å². The molecule has 0 aromatic rings. The van der Waals surface area contributed by atoms with E-state index in [-0.39, 0.29) is 5.91 Å². The van der Waals surface area contributed by atoms with Crippen molar-refractivity contribution < 1.29 is 14.2 Å². The molecular formula is C11H17N2O2+. The van der Waals surface area contributed by atoms with Crippen LogP contribution in [0.4, 0.5) is 0 Å². The van der Waals surface area contributed by atoms with Crippen LogP contribution in [0.3, 0.4) is 0 Å². The van der Waals surface area contributed by atoms with Crippen molar-refractivity contribution in [2.45, 2.75) is 20.8 Å². The summed E-state index contributed by atoms with van der Waals surface area (Å²) in [6.45, 7) is 5.73. The minimum atomic E-state index is -0.139. The molecule has 1 aliphatic heterocycles. The topological polar surface area (TPSA) is 32.5 Å². The molecule has 1 aliphatic rings. The lowest BCUT2D eigenvalue weighted by Crippen LogP contribution is -2.35. The van der Waals surface area contributed by atoms with E-state index in [9.17, 15) is 4.79 Å². The first-order valence-corrected chi connectivity index (χ1v) is 4.80. The van der Waals surface area contributed by atoms with E-state index in [1.807, 2.05) is 30.6 Å². The molecule has 1 amide bonds. The fraction of sp³-hybridized carbons (Fsp3) is 0.455. The molecule has 0 saturated carbocycles. The lowest BCUT2D eigenvalue weighted by Gasteiger charge is -2.12. The summed E-state index contributed by atoms with van der Waals surface area (Å²) in [6, 6.07) is 0. The Hall–Kier alpha value is -1.42. The monoisotopic (exact) mass is 209 g/mol. The van der Waals surface area contributed by atoms with Gasteiger partial charge in [0.1, 0.15) is 0 Å². The third-order valence-corrected chi connectivity index (χ3v) is 2.48. The summed E-state index contributed by atoms with van der Waals surface area (Å²) in [7, 11) is 3.07. The standard InChI is InChI=1S/C11H17N2O2/c1-8-6-7-9(2)13(8)10(3)11(14)12(4)15-5/h6-7H,1-5H3/q+1. The number of nitrogens with zero attached hydrogens (tertiary/aromatic N) is 2. The number of allylic oxidation sites excluding steroid dienone is 4. The van der Waals surface area contributed by atoms with E-state index in [0.717, 1.165) is 11.4 Å². The Morgan fingerprint density at radius 3 is 2.20 bits per heavy atom. The smallest absolute Gasteiger partial charge is 0.274 e. The van der Waals surface area contributed by atoms with Gasteiger partial charge in [0.05, 0.1) is 7.11 Å². The lowest BCUT2D eigenvalue weighted by molar-refractivity contribution is -0.417. The highest BCUT2D eigenvalue weighted by molar-refractivity contribution is 6.35. The molecule has 0 aliphatic carbocycles. The molecule has 1 rings (SSSR count). The van der Waals surface area contributed by atoms with Gasteiger partial charge in [-0.3, -0.25) is 9.63 Å². The fourth-order valence-electron chi connectivity index (χ4n) is 1.60. The average molecular weight is 209 g/mol. The zero-order valence-corrected chi connectivity index (χ0v) is 9.87. The van der Waals surface area contributed by atoms with Crippen LogP contribution in [0.2, 0.25) is 0 Å². The highest BCUT2D eigenvalue weighted by Gasteiger charge is 2.27. The maximum Gasteiger partial charge on any atom is 0.337 e. The maximum absolute atomic E-state index is 11.8. The summed E-state index contributed by atoms with van der Waals surface area (Å²) in [6.07, 6.45) is 3.97. The number of hydrogen-bond acceptors (Lipinski definition) is 2. The van der Waals surface area contributed by atoms with Gasteiger partial charge in [0.15, 0.2) is 11.4 Å². The molecule has 0 aromatic heterocycles. The van der Waals surface area contributed by atoms with Crippen molar-refractivity contribution >= 4 is 11.6 Å². The zero-order valence-electron chi connectivity index (χ0n) is 9.87. The zero-order chi connectivity index (χ0) is 11.6. The number of amides is 1. The molecule has 1 heterocycles. The molecule has 0 aromatic carbocycles. The highest BCUT2D eigenvalue weighted by Crippen LogP contribution is 2.14. The molecule has 0 N–H and O–H groups in total. The minimum Gasteiger partial charge on any atom is -0.274 e. The van der Waals surface area contributed by atoms with Crippen LogP contribution in [0, 0.1) is 0 Å². The number of carbonyl (C=O) groups excluding carboxylic acids is 1. The van der Waals surface area contributed by atoms with Gasteiger partial charge in [0, 0.05) is 40.0 Å². The molecule has 4 nitrogen and oxygen atoms in total. The number of hydroxylamine groups is 2. The normalized spacial score (nSPS) is 14.9. The fourth-order valence-corrected chi connectivity index (χ4v) is 1.60. The summed E-state index contributed by atoms with van der Waals surface area (Å²) >= 11 is 0. The van der Waals surface area contributed by atoms with Gasteiger partial charge < -0.3 is 0 Å². The van der Waals surface area contributed by atoms with E-state index in [0.29, 0.717) is 5.71 Å². The first-order chi connectivity index (χ1) is 6.99. The van der Waals surface area contributed by atoms with Crippen molar-refractivity contribution in [2.24, 2.45) is 0 Å². The number of rotatable bonds is 2. The summed E-state index contributed by atoms with van der Waals surface area (Å²) < 4.78 is 1.91. The second-order valence-electron chi connectivity index (χ2n) is 3.52. The molecule has 15 heavy (non-hydrogen) atoms. The molecule has 0 bridgehead atoms. The Balaban J connectivity index is 3.06. The van der Waals surface area contributed by atoms with Gasteiger partial charge in [-0.05, 0) is 0 Å². The second kappa shape index (κ2) is 4.40. The van der Waals surface area contributed by atoms with E-state index in [2.05, 4.69) is 0 Å². The Bertz CT molecular complexity index is 358. The van der Waals surface area contributed by atoms with Gasteiger partial charge >= 0.3 is 5.91 Å². The quantitative estimate of drug-likeness (QED) is 0.507. The van der Waals surface area contributed by atoms with Crippen LogP contribution >= 0.6 is 0 Å². The van der Waals surface area contributed by atoms with Crippen LogP contribution in [0.5, 0.6) is 0 Å². The number of hydrogen-bond donors (Lipinski definition) is 0. The summed E-state index contributed by atoms with van der Waals surface area (Å²) in [4.78, 5) is 16.7. The van der Waals surface area contributed by atoms with Crippen LogP contribution in [0.25, 0.3) is 0 Å². The predicted octanol–water partition coefficient (Wildman–Crippen LogP) is 1.30. The van der Waals surface area contributed by atoms with Gasteiger partial charge in [0.25, 0.3) is 5.71 Å². The molecule has 82 valence electrons. The summed E-state index contributed by atoms with van der Waals surface area (Å²) in [5.74, 6) is -0.139. The van der Waals surface area contributed by atoms with Gasteiger partial charge in [-0.2, -0.15) is 4.58 Å². The Morgan fingerprint density at radius 1 is 1.33 bits per heavy atom. The Morgan fingerprint density at radius 2 is 1.80 bits per heavy atom. The van der Waals surface area contributed by atoms with Gasteiger partial charge in [-0.1, -0.05) is 0 Å². The summed E-state index contributed by atoms with van der Waals surface area (Å²) in [5.41, 5.74) is 2.73. The maximum atomic E-state index is 11.8. The Labute approximate surface area is 90.1 Å². The molecule has 0 unspecified atom stereocenters. The van der Waals surface area contributed by atoms with E-state index >= 15 is 0 Å². The first-order valence-electron chi connectivity index (χ1n) is 4.80. The van der Waals surface area contributed by atoms with Gasteiger partial charge in [-0.25, -0.2) is 5.06 Å². The molecular weight excluding hydrogens is 192 g/mol. The average Bonchev–Trinajstić information content (AvgIpc) is 2.55. The Kier molecular flexibility index (Phi) is 3.42. The van der Waals surface area contributed by atoms with Crippen LogP contribution in [-0.4, -0.2) is 35.4 Å². The molecule has 0 radical (unpaired) electrons. The van der Waals surface area contributed by atoms with E-state index in [1.54, 1.807) is 14.0 Å². The third kappa shape index (κ3) is 2.15. The lowest BCUT2D eigenvalue weighted by atomic mass is 10.3. The summed E-state index contributed by atoms with van der Waals surface area (Å²) in [5, 5.41) is 1.22. The largest absolute Gasteiger partial charge is 0.337 e. The molecule has 0 atom stereocenters. The van der Waals surface area contributed by atoms with Crippen molar-refractivity contribution in [3.63, 3.8) is 0 Å². The van der Waals surface area contributed by atoms with Crippen molar-refractivity contribution in [1.29, 1.82) is 0 Å². The van der Waals surface area contributed by atoms with Gasteiger partial charge in [-0.15, -0.1) is 0 Å². The van der Waals surface area contributed by atoms with Crippen molar-refractivity contribution in [2.75, 3.05) is 14.2 Å². The van der Waals surface area contributed by atoms with Crippen LogP contribution < -0.4 is 0 Å². The van der Waals surface area contributed by atoms with Crippen LogP contribution in [0.1, 0.15) is 20.8 Å². The number of carbonyl (C=O) groups is 1. The highest BCUT2D eigenvalue weighted by atomic mass is 16.7. The van der Waals surface area contributed by atoms with E-state index < -0.39 is 0 Å². The van der Waals surface area contributed by atoms with Gasteiger partial charge in [0.2, 0.25) is 0 Å². The van der Waals surface area contributed by atoms with Crippen molar-refractivity contribution in [3.05, 3.63) is 23.5 Å². The third-order valence-electron chi connectivity index (χ3n) is 2.48. The SMILES string of the molecule is CON(C)C(=O)C(C)=[N+]1C(C)=CC=C1C. The predicted molar refractivity (Wildman–Crippen MR) is 58.2 cm³/mol. The van der Waals surface area contributed by atoms with E-state index in [4.69, 9.17) is 4.84 Å². The van der Waals surface area contributed by atoms with Crippen LogP contribution in [0.15, 0.2) is 23.5 Å². The van der Waals surface area contributed by atoms with Crippen LogP contribution in [-0.2, 0) is 9.63 Å².